The minimum absolute atomic E-state index is 0.115. The van der Waals surface area contributed by atoms with E-state index in [-0.39, 0.29) is 18.1 Å². The molecule has 0 aromatic rings. The summed E-state index contributed by atoms with van der Waals surface area (Å²) in [6, 6.07) is 0. The zero-order chi connectivity index (χ0) is 13.5. The van der Waals surface area contributed by atoms with E-state index in [1.807, 2.05) is 0 Å². The van der Waals surface area contributed by atoms with Crippen LogP contribution in [-0.2, 0) is 4.74 Å². The van der Waals surface area contributed by atoms with Crippen LogP contribution in [-0.4, -0.2) is 23.9 Å². The molecule has 108 valence electrons. The molecule has 0 bridgehead atoms. The van der Waals surface area contributed by atoms with Gasteiger partial charge in [0, 0.05) is 5.41 Å². The predicted molar refractivity (Wildman–Crippen MR) is 76.8 cm³/mol. The Bertz CT molecular complexity index is 347. The highest BCUT2D eigenvalue weighted by atomic mass is 16.5. The van der Waals surface area contributed by atoms with Crippen LogP contribution in [0.1, 0.15) is 52.4 Å². The van der Waals surface area contributed by atoms with E-state index in [0.717, 1.165) is 5.92 Å². The van der Waals surface area contributed by atoms with Gasteiger partial charge in [-0.05, 0) is 43.4 Å². The van der Waals surface area contributed by atoms with Gasteiger partial charge in [0.15, 0.2) is 0 Å². The van der Waals surface area contributed by atoms with E-state index in [0.29, 0.717) is 17.9 Å². The van der Waals surface area contributed by atoms with Gasteiger partial charge in [-0.1, -0.05) is 38.8 Å². The maximum Gasteiger partial charge on any atom is 0.0685 e. The summed E-state index contributed by atoms with van der Waals surface area (Å²) in [5.41, 5.74) is -0.115. The topological polar surface area (TPSA) is 29.5 Å². The summed E-state index contributed by atoms with van der Waals surface area (Å²) in [6.07, 6.45) is 13.2. The number of ether oxygens (including phenoxy) is 1. The first-order valence-corrected chi connectivity index (χ1v) is 8.06. The molecule has 1 N–H and O–H groups in total. The third-order valence-corrected chi connectivity index (χ3v) is 5.66. The van der Waals surface area contributed by atoms with Crippen LogP contribution >= 0.6 is 0 Å². The standard InChI is InChI=1S/C17H28O2/c1-17(2,11-18)16-14-9-4-3-7-12(14)13-8-5-6-10-15(13)19-16/h3,7,12-16,18H,4-6,8-11H2,1-2H3/t12-,13+,14+,15+,16-/m1/s1. The van der Waals surface area contributed by atoms with Crippen LogP contribution in [0.3, 0.4) is 0 Å². The lowest BCUT2D eigenvalue weighted by molar-refractivity contribution is -0.195. The van der Waals surface area contributed by atoms with Gasteiger partial charge in [0.1, 0.15) is 0 Å². The molecule has 2 fully saturated rings. The zero-order valence-electron chi connectivity index (χ0n) is 12.3. The van der Waals surface area contributed by atoms with Crippen molar-refractivity contribution in [3.05, 3.63) is 12.2 Å². The summed E-state index contributed by atoms with van der Waals surface area (Å²) in [6.45, 7) is 4.55. The lowest BCUT2D eigenvalue weighted by Gasteiger charge is -2.53. The Hall–Kier alpha value is -0.340. The Labute approximate surface area is 117 Å². The predicted octanol–water partition coefficient (Wildman–Crippen LogP) is 3.54. The molecule has 19 heavy (non-hydrogen) atoms. The Balaban J connectivity index is 1.88. The lowest BCUT2D eigenvalue weighted by atomic mass is 9.62. The van der Waals surface area contributed by atoms with Gasteiger partial charge in [-0.3, -0.25) is 0 Å². The Morgan fingerprint density at radius 1 is 1.16 bits per heavy atom. The van der Waals surface area contributed by atoms with Crippen molar-refractivity contribution >= 4 is 0 Å². The molecule has 1 saturated heterocycles. The minimum Gasteiger partial charge on any atom is -0.396 e. The SMILES string of the molecule is CC(C)(CO)[C@@H]1O[C@H]2CCCC[C@H]2[C@H]2C=CCC[C@@H]21. The van der Waals surface area contributed by atoms with E-state index < -0.39 is 0 Å². The molecule has 0 radical (unpaired) electrons. The van der Waals surface area contributed by atoms with Crippen LogP contribution in [0.25, 0.3) is 0 Å². The Morgan fingerprint density at radius 2 is 1.95 bits per heavy atom. The van der Waals surface area contributed by atoms with Crippen molar-refractivity contribution in [2.75, 3.05) is 6.61 Å². The van der Waals surface area contributed by atoms with Crippen molar-refractivity contribution in [1.82, 2.24) is 0 Å². The summed E-state index contributed by atoms with van der Waals surface area (Å²) < 4.78 is 6.52. The number of aliphatic hydroxyl groups is 1. The van der Waals surface area contributed by atoms with E-state index in [4.69, 9.17) is 4.74 Å². The number of allylic oxidation sites excluding steroid dienone is 2. The molecule has 0 amide bonds. The Morgan fingerprint density at radius 3 is 2.74 bits per heavy atom. The fourth-order valence-corrected chi connectivity index (χ4v) is 4.57. The number of hydrogen-bond donors (Lipinski definition) is 1. The zero-order valence-corrected chi connectivity index (χ0v) is 12.3. The van der Waals surface area contributed by atoms with Crippen molar-refractivity contribution in [3.8, 4) is 0 Å². The second kappa shape index (κ2) is 5.21. The first-order valence-electron chi connectivity index (χ1n) is 8.06. The van der Waals surface area contributed by atoms with Crippen molar-refractivity contribution < 1.29 is 9.84 Å². The van der Waals surface area contributed by atoms with Crippen molar-refractivity contribution in [3.63, 3.8) is 0 Å². The molecular weight excluding hydrogens is 236 g/mol. The fraction of sp³-hybridized carbons (Fsp3) is 0.882. The van der Waals surface area contributed by atoms with Gasteiger partial charge in [-0.25, -0.2) is 0 Å². The monoisotopic (exact) mass is 264 g/mol. The van der Waals surface area contributed by atoms with Crippen molar-refractivity contribution in [2.24, 2.45) is 23.2 Å². The number of fused-ring (bicyclic) bond motifs is 3. The summed E-state index contributed by atoms with van der Waals surface area (Å²) in [4.78, 5) is 0. The summed E-state index contributed by atoms with van der Waals surface area (Å²) >= 11 is 0. The van der Waals surface area contributed by atoms with Crippen LogP contribution in [0.15, 0.2) is 12.2 Å². The fourth-order valence-electron chi connectivity index (χ4n) is 4.57. The van der Waals surface area contributed by atoms with Gasteiger partial charge in [0.2, 0.25) is 0 Å². The molecule has 1 heterocycles. The molecule has 0 unspecified atom stereocenters. The van der Waals surface area contributed by atoms with Crippen LogP contribution in [0, 0.1) is 23.2 Å². The molecule has 3 rings (SSSR count). The van der Waals surface area contributed by atoms with Crippen LogP contribution in [0.5, 0.6) is 0 Å². The molecular formula is C17H28O2. The average Bonchev–Trinajstić information content (AvgIpc) is 2.46. The van der Waals surface area contributed by atoms with E-state index in [1.165, 1.54) is 38.5 Å². The van der Waals surface area contributed by atoms with Crippen molar-refractivity contribution in [1.29, 1.82) is 0 Å². The largest absolute Gasteiger partial charge is 0.396 e. The molecule has 1 saturated carbocycles. The molecule has 3 aliphatic rings. The molecule has 0 aromatic heterocycles. The minimum atomic E-state index is -0.115. The van der Waals surface area contributed by atoms with Gasteiger partial charge >= 0.3 is 0 Å². The first kappa shape index (κ1) is 13.6. The highest BCUT2D eigenvalue weighted by Gasteiger charge is 2.49. The second-order valence-corrected chi connectivity index (χ2v) is 7.44. The molecule has 5 atom stereocenters. The second-order valence-electron chi connectivity index (χ2n) is 7.44. The molecule has 0 aromatic carbocycles. The third-order valence-electron chi connectivity index (χ3n) is 5.66. The van der Waals surface area contributed by atoms with Gasteiger partial charge in [0.05, 0.1) is 18.8 Å². The van der Waals surface area contributed by atoms with Gasteiger partial charge in [0.25, 0.3) is 0 Å². The van der Waals surface area contributed by atoms with Gasteiger partial charge < -0.3 is 9.84 Å². The normalized spacial score (nSPS) is 42.6. The van der Waals surface area contributed by atoms with E-state index >= 15 is 0 Å². The van der Waals surface area contributed by atoms with Gasteiger partial charge in [-0.15, -0.1) is 0 Å². The van der Waals surface area contributed by atoms with Crippen molar-refractivity contribution in [2.45, 2.75) is 64.6 Å². The van der Waals surface area contributed by atoms with E-state index in [9.17, 15) is 5.11 Å². The number of hydrogen-bond acceptors (Lipinski definition) is 2. The molecule has 2 nitrogen and oxygen atoms in total. The molecule has 2 heteroatoms. The summed E-state index contributed by atoms with van der Waals surface area (Å²) in [5.74, 6) is 2.05. The smallest absolute Gasteiger partial charge is 0.0685 e. The van der Waals surface area contributed by atoms with E-state index in [2.05, 4.69) is 26.0 Å². The quantitative estimate of drug-likeness (QED) is 0.773. The molecule has 0 spiro atoms. The first-order chi connectivity index (χ1) is 9.13. The summed E-state index contributed by atoms with van der Waals surface area (Å²) in [5, 5.41) is 9.73. The van der Waals surface area contributed by atoms with Crippen LogP contribution in [0.2, 0.25) is 0 Å². The molecule has 2 aliphatic carbocycles. The van der Waals surface area contributed by atoms with Crippen LogP contribution in [0.4, 0.5) is 0 Å². The highest BCUT2D eigenvalue weighted by Crippen LogP contribution is 2.50. The van der Waals surface area contributed by atoms with E-state index in [1.54, 1.807) is 0 Å². The third kappa shape index (κ3) is 2.38. The molecule has 1 aliphatic heterocycles. The van der Waals surface area contributed by atoms with Gasteiger partial charge in [-0.2, -0.15) is 0 Å². The lowest BCUT2D eigenvalue weighted by Crippen LogP contribution is -2.54. The number of rotatable bonds is 2. The van der Waals surface area contributed by atoms with Crippen LogP contribution < -0.4 is 0 Å². The Kier molecular flexibility index (Phi) is 3.74. The highest BCUT2D eigenvalue weighted by molar-refractivity contribution is 5.08. The maximum absolute atomic E-state index is 9.73. The number of aliphatic hydroxyl groups excluding tert-OH is 1. The summed E-state index contributed by atoms with van der Waals surface area (Å²) in [7, 11) is 0. The average molecular weight is 264 g/mol. The maximum atomic E-state index is 9.73.